The van der Waals surface area contributed by atoms with Crippen LogP contribution in [0.2, 0.25) is 0 Å². The molecule has 0 radical (unpaired) electrons. The van der Waals surface area contributed by atoms with Crippen LogP contribution in [0.1, 0.15) is 22.3 Å². The van der Waals surface area contributed by atoms with Gasteiger partial charge < -0.3 is 30.2 Å². The van der Waals surface area contributed by atoms with Gasteiger partial charge in [0.1, 0.15) is 0 Å². The van der Waals surface area contributed by atoms with Crippen molar-refractivity contribution in [2.24, 2.45) is 0 Å². The quantitative estimate of drug-likeness (QED) is 0.305. The van der Waals surface area contributed by atoms with Crippen LogP contribution in [0, 0.1) is 27.7 Å². The van der Waals surface area contributed by atoms with Crippen LogP contribution in [-0.4, -0.2) is 43.3 Å². The molecule has 0 atom stereocenters. The number of hydrogen-bond donors (Lipinski definition) is 6. The molecule has 0 amide bonds. The minimum Gasteiger partial charge on any atom is -0.450 e. The highest BCUT2D eigenvalue weighted by Gasteiger charge is 2.01. The monoisotopic (exact) mass is 400 g/mol. The predicted molar refractivity (Wildman–Crippen MR) is 99.7 cm³/mol. The Morgan fingerprint density at radius 2 is 0.786 bits per heavy atom. The number of hydrogen-bond acceptors (Lipinski definition) is 6. The first-order valence-electron chi connectivity index (χ1n) is 7.56. The molecule has 28 heavy (non-hydrogen) atoms. The third kappa shape index (κ3) is 12.8. The topological polar surface area (TPSA) is 174 Å². The third-order valence-electron chi connectivity index (χ3n) is 3.00. The molecular weight excluding hydrogens is 376 g/mol. The maximum absolute atomic E-state index is 8.56. The summed E-state index contributed by atoms with van der Waals surface area (Å²) in [5.41, 5.74) is 3.79. The molecule has 0 aliphatic heterocycles. The number of carboxylic acid groups (broad SMARTS) is 4. The molecule has 2 aromatic carbocycles. The van der Waals surface area contributed by atoms with Crippen LogP contribution in [0.25, 0.3) is 0 Å². The lowest BCUT2D eigenvalue weighted by atomic mass is 10.1. The molecule has 6 N–H and O–H groups in total. The third-order valence-corrected chi connectivity index (χ3v) is 3.00. The van der Waals surface area contributed by atoms with Crippen LogP contribution in [0.4, 0.5) is 9.59 Å². The van der Waals surface area contributed by atoms with E-state index < -0.39 is 12.3 Å². The van der Waals surface area contributed by atoms with Gasteiger partial charge in [-0.3, -0.25) is 0 Å². The first kappa shape index (κ1) is 26.7. The van der Waals surface area contributed by atoms with E-state index >= 15 is 0 Å². The maximum Gasteiger partial charge on any atom is 0.503 e. The summed E-state index contributed by atoms with van der Waals surface area (Å²) in [5, 5.41) is 44.7. The molecule has 0 saturated heterocycles. The highest BCUT2D eigenvalue weighted by Crippen LogP contribution is 2.21. The zero-order chi connectivity index (χ0) is 22.3. The van der Waals surface area contributed by atoms with Gasteiger partial charge in [0.25, 0.3) is 0 Å². The summed E-state index contributed by atoms with van der Waals surface area (Å²) < 4.78 is 0. The summed E-state index contributed by atoms with van der Waals surface area (Å²) in [6.07, 6.45) is -3.67. The van der Waals surface area contributed by atoms with Crippen LogP contribution in [0.5, 0.6) is 11.5 Å². The highest BCUT2D eigenvalue weighted by molar-refractivity contribution is 5.53. The van der Waals surface area contributed by atoms with Crippen molar-refractivity contribution in [3.63, 3.8) is 0 Å². The Morgan fingerprint density at radius 3 is 0.893 bits per heavy atom. The van der Waals surface area contributed by atoms with Gasteiger partial charge in [-0.25, -0.2) is 20.1 Å². The van der Waals surface area contributed by atoms with Gasteiger partial charge in [0.05, 0.1) is 0 Å². The van der Waals surface area contributed by atoms with E-state index in [0.717, 1.165) is 22.3 Å². The van der Waals surface area contributed by atoms with Crippen molar-refractivity contribution in [2.75, 3.05) is 0 Å². The molecule has 10 heteroatoms. The van der Waals surface area contributed by atoms with Crippen LogP contribution < -0.4 is 9.78 Å². The Kier molecular flexibility index (Phi) is 14.0. The highest BCUT2D eigenvalue weighted by atomic mass is 17.1. The average Bonchev–Trinajstić information content (AvgIpc) is 2.55. The largest absolute Gasteiger partial charge is 0.503 e. The van der Waals surface area contributed by atoms with Crippen molar-refractivity contribution in [3.8, 4) is 11.5 Å². The van der Waals surface area contributed by atoms with Gasteiger partial charge in [-0.15, -0.1) is 0 Å². The van der Waals surface area contributed by atoms with E-state index in [-0.39, 0.29) is 0 Å². The fourth-order valence-corrected chi connectivity index (χ4v) is 1.89. The number of para-hydroxylation sites is 2. The molecule has 0 spiro atoms. The van der Waals surface area contributed by atoms with Crippen LogP contribution in [0.15, 0.2) is 36.4 Å². The number of carbonyl (C=O) groups is 2. The summed E-state index contributed by atoms with van der Waals surface area (Å²) in [7, 11) is 0. The van der Waals surface area contributed by atoms with Crippen LogP contribution in [0.3, 0.4) is 0 Å². The normalized spacial score (nSPS) is 8.50. The van der Waals surface area contributed by atoms with Gasteiger partial charge in [-0.2, -0.15) is 0 Å². The van der Waals surface area contributed by atoms with E-state index in [1.807, 2.05) is 64.1 Å². The van der Waals surface area contributed by atoms with Crippen molar-refractivity contribution in [2.45, 2.75) is 27.7 Å². The zero-order valence-corrected chi connectivity index (χ0v) is 15.8. The van der Waals surface area contributed by atoms with Crippen molar-refractivity contribution in [1.29, 1.82) is 0 Å². The van der Waals surface area contributed by atoms with Gasteiger partial charge in [-0.05, 0) is 49.9 Å². The fourth-order valence-electron chi connectivity index (χ4n) is 1.89. The van der Waals surface area contributed by atoms with Crippen molar-refractivity contribution in [3.05, 3.63) is 58.7 Å². The summed E-state index contributed by atoms with van der Waals surface area (Å²) in [6, 6.07) is 11.4. The lowest BCUT2D eigenvalue weighted by Gasteiger charge is -2.03. The second-order valence-corrected chi connectivity index (χ2v) is 5.19. The molecule has 0 bridgehead atoms. The second kappa shape index (κ2) is 14.6. The minimum absolute atomic E-state index is 0.558. The van der Waals surface area contributed by atoms with Gasteiger partial charge in [0.2, 0.25) is 0 Å². The lowest BCUT2D eigenvalue weighted by molar-refractivity contribution is -0.138. The van der Waals surface area contributed by atoms with Gasteiger partial charge >= 0.3 is 12.3 Å². The van der Waals surface area contributed by atoms with Crippen molar-refractivity contribution in [1.82, 2.24) is 0 Å². The lowest BCUT2D eigenvalue weighted by Crippen LogP contribution is -1.89. The molecule has 0 aliphatic rings. The number of benzene rings is 2. The maximum atomic E-state index is 8.56. The Bertz CT molecular complexity index is 631. The predicted octanol–water partition coefficient (Wildman–Crippen LogP) is 4.76. The van der Waals surface area contributed by atoms with E-state index in [4.69, 9.17) is 40.5 Å². The van der Waals surface area contributed by atoms with Crippen molar-refractivity contribution < 1.29 is 50.3 Å². The molecule has 0 heterocycles. The molecule has 2 rings (SSSR count). The van der Waals surface area contributed by atoms with Crippen molar-refractivity contribution >= 4 is 12.3 Å². The van der Waals surface area contributed by atoms with Crippen LogP contribution in [-0.2, 0) is 0 Å². The van der Waals surface area contributed by atoms with E-state index in [2.05, 4.69) is 9.78 Å². The summed E-state index contributed by atoms with van der Waals surface area (Å²) in [6.45, 7) is 7.55. The molecule has 0 saturated carbocycles. The van der Waals surface area contributed by atoms with E-state index in [1.165, 1.54) is 0 Å². The first-order valence-corrected chi connectivity index (χ1v) is 7.56. The van der Waals surface area contributed by atoms with Gasteiger partial charge in [0.15, 0.2) is 11.5 Å². The molecule has 0 aliphatic carbocycles. The standard InChI is InChI=1S/2C8H10O2.2CH2O3/c2*1-6-4-3-5-7(2)8(6)10-9;2*2-1(3)4/h2*3-5,9H,1-2H3;2*(H2,2,3,4). The van der Waals surface area contributed by atoms with Gasteiger partial charge in [-0.1, -0.05) is 36.4 Å². The van der Waals surface area contributed by atoms with Crippen LogP contribution >= 0.6 is 0 Å². The molecule has 0 fully saturated rings. The number of rotatable bonds is 2. The summed E-state index contributed by atoms with van der Waals surface area (Å²) in [4.78, 5) is 25.5. The number of aryl methyl sites for hydroxylation is 4. The molecular formula is C18H24O10. The first-order chi connectivity index (χ1) is 13.0. The summed E-state index contributed by atoms with van der Waals surface area (Å²) in [5.74, 6) is 1.12. The molecule has 156 valence electrons. The molecule has 10 nitrogen and oxygen atoms in total. The Balaban J connectivity index is 0. The average molecular weight is 400 g/mol. The minimum atomic E-state index is -1.83. The smallest absolute Gasteiger partial charge is 0.450 e. The van der Waals surface area contributed by atoms with E-state index in [9.17, 15) is 0 Å². The Labute approximate surface area is 161 Å². The molecule has 0 unspecified atom stereocenters. The second-order valence-electron chi connectivity index (χ2n) is 5.19. The summed E-state index contributed by atoms with van der Waals surface area (Å²) >= 11 is 0. The fraction of sp³-hybridized carbons (Fsp3) is 0.222. The zero-order valence-electron chi connectivity index (χ0n) is 15.8. The van der Waals surface area contributed by atoms with Gasteiger partial charge in [0, 0.05) is 0 Å². The molecule has 0 aromatic heterocycles. The van der Waals surface area contributed by atoms with E-state index in [0.29, 0.717) is 11.5 Å². The van der Waals surface area contributed by atoms with E-state index in [1.54, 1.807) is 0 Å². The molecule has 2 aromatic rings. The Morgan fingerprint density at radius 1 is 0.607 bits per heavy atom. The Hall–Kier alpha value is -3.50. The SMILES string of the molecule is Cc1cccc(C)c1OO.Cc1cccc(C)c1OO.O=C(O)O.O=C(O)O.